The van der Waals surface area contributed by atoms with E-state index in [0.29, 0.717) is 28.7 Å². The Bertz CT molecular complexity index is 594. The Hall–Kier alpha value is -2.57. The van der Waals surface area contributed by atoms with E-state index in [4.69, 9.17) is 20.1 Å². The molecule has 7 nitrogen and oxygen atoms in total. The third-order valence-electron chi connectivity index (χ3n) is 2.36. The lowest BCUT2D eigenvalue weighted by Gasteiger charge is -2.08. The third-order valence-corrected chi connectivity index (χ3v) is 2.36. The number of carboxylic acid groups (broad SMARTS) is 1. The van der Waals surface area contributed by atoms with Crippen LogP contribution in [0.15, 0.2) is 22.7 Å². The standard InChI is InChI=1S/C12H13N3O4/c1-7-14-12(19-15-7)8-2-3-10(9(13)6-8)18-5-4-11(16)17/h2-3,6H,4-5,13H2,1H3,(H,16,17). The van der Waals surface area contributed by atoms with Crippen LogP contribution in [0, 0.1) is 6.92 Å². The number of carboxylic acids is 1. The molecule has 0 saturated carbocycles. The highest BCUT2D eigenvalue weighted by Crippen LogP contribution is 2.27. The van der Waals surface area contributed by atoms with Crippen molar-refractivity contribution in [2.75, 3.05) is 12.3 Å². The molecule has 1 aromatic carbocycles. The molecule has 3 N–H and O–H groups in total. The number of aryl methyl sites for hydroxylation is 1. The summed E-state index contributed by atoms with van der Waals surface area (Å²) in [6.45, 7) is 1.79. The van der Waals surface area contributed by atoms with Crippen LogP contribution in [0.4, 0.5) is 5.69 Å². The molecular formula is C12H13N3O4. The molecule has 0 aliphatic carbocycles. The smallest absolute Gasteiger partial charge is 0.306 e. The van der Waals surface area contributed by atoms with Crippen LogP contribution in [0.25, 0.3) is 11.5 Å². The molecule has 0 spiro atoms. The van der Waals surface area contributed by atoms with E-state index >= 15 is 0 Å². The molecule has 2 aromatic rings. The van der Waals surface area contributed by atoms with E-state index in [-0.39, 0.29) is 13.0 Å². The maximum Gasteiger partial charge on any atom is 0.306 e. The fourth-order valence-electron chi connectivity index (χ4n) is 1.48. The van der Waals surface area contributed by atoms with E-state index in [1.54, 1.807) is 25.1 Å². The summed E-state index contributed by atoms with van der Waals surface area (Å²) >= 11 is 0. The van der Waals surface area contributed by atoms with Gasteiger partial charge in [-0.15, -0.1) is 0 Å². The Balaban J connectivity index is 2.11. The Labute approximate surface area is 109 Å². The largest absolute Gasteiger partial charge is 0.491 e. The Morgan fingerprint density at radius 1 is 1.53 bits per heavy atom. The average Bonchev–Trinajstić information content (AvgIpc) is 2.77. The van der Waals surface area contributed by atoms with E-state index in [0.717, 1.165) is 0 Å². The van der Waals surface area contributed by atoms with E-state index in [1.165, 1.54) is 0 Å². The molecule has 0 aliphatic rings. The molecule has 19 heavy (non-hydrogen) atoms. The molecular weight excluding hydrogens is 250 g/mol. The SMILES string of the molecule is Cc1noc(-c2ccc(OCCC(=O)O)c(N)c2)n1. The molecule has 0 amide bonds. The van der Waals surface area contributed by atoms with Crippen LogP contribution in [-0.2, 0) is 4.79 Å². The number of aliphatic carboxylic acids is 1. The summed E-state index contributed by atoms with van der Waals surface area (Å²) in [5.41, 5.74) is 6.89. The van der Waals surface area contributed by atoms with Gasteiger partial charge in [0.15, 0.2) is 5.82 Å². The first kappa shape index (κ1) is 12.9. The van der Waals surface area contributed by atoms with Crippen molar-refractivity contribution in [2.45, 2.75) is 13.3 Å². The summed E-state index contributed by atoms with van der Waals surface area (Å²) < 4.78 is 10.3. The summed E-state index contributed by atoms with van der Waals surface area (Å²) in [5.74, 6) is 0.425. The second-order valence-corrected chi connectivity index (χ2v) is 3.89. The molecule has 1 heterocycles. The van der Waals surface area contributed by atoms with Gasteiger partial charge in [0.2, 0.25) is 0 Å². The zero-order valence-electron chi connectivity index (χ0n) is 10.3. The van der Waals surface area contributed by atoms with Crippen LogP contribution >= 0.6 is 0 Å². The molecule has 100 valence electrons. The minimum Gasteiger partial charge on any atom is -0.491 e. The summed E-state index contributed by atoms with van der Waals surface area (Å²) in [7, 11) is 0. The minimum atomic E-state index is -0.920. The van der Waals surface area contributed by atoms with Crippen molar-refractivity contribution in [2.24, 2.45) is 0 Å². The molecule has 0 atom stereocenters. The van der Waals surface area contributed by atoms with Gasteiger partial charge in [0.25, 0.3) is 5.89 Å². The fraction of sp³-hybridized carbons (Fsp3) is 0.250. The number of rotatable bonds is 5. The Morgan fingerprint density at radius 2 is 2.32 bits per heavy atom. The molecule has 0 fully saturated rings. The van der Waals surface area contributed by atoms with Crippen molar-refractivity contribution < 1.29 is 19.2 Å². The molecule has 0 radical (unpaired) electrons. The average molecular weight is 263 g/mol. The predicted octanol–water partition coefficient (Wildman–Crippen LogP) is 1.48. The first-order chi connectivity index (χ1) is 9.06. The number of hydrogen-bond acceptors (Lipinski definition) is 6. The number of aromatic nitrogens is 2. The van der Waals surface area contributed by atoms with E-state index < -0.39 is 5.97 Å². The monoisotopic (exact) mass is 263 g/mol. The van der Waals surface area contributed by atoms with Crippen molar-refractivity contribution in [1.82, 2.24) is 10.1 Å². The molecule has 2 rings (SSSR count). The van der Waals surface area contributed by atoms with E-state index in [9.17, 15) is 4.79 Å². The van der Waals surface area contributed by atoms with E-state index in [2.05, 4.69) is 10.1 Å². The highest BCUT2D eigenvalue weighted by Gasteiger charge is 2.09. The van der Waals surface area contributed by atoms with Crippen molar-refractivity contribution in [1.29, 1.82) is 0 Å². The summed E-state index contributed by atoms with van der Waals surface area (Å²) in [5, 5.41) is 12.2. The lowest BCUT2D eigenvalue weighted by molar-refractivity contribution is -0.137. The van der Waals surface area contributed by atoms with Crippen molar-refractivity contribution >= 4 is 11.7 Å². The number of nitrogens with zero attached hydrogens (tertiary/aromatic N) is 2. The third kappa shape index (κ3) is 3.21. The highest BCUT2D eigenvalue weighted by molar-refractivity contribution is 5.67. The second-order valence-electron chi connectivity index (χ2n) is 3.89. The first-order valence-corrected chi connectivity index (χ1v) is 5.61. The van der Waals surface area contributed by atoms with E-state index in [1.807, 2.05) is 0 Å². The zero-order valence-corrected chi connectivity index (χ0v) is 10.3. The molecule has 7 heteroatoms. The number of nitrogen functional groups attached to an aromatic ring is 1. The molecule has 1 aromatic heterocycles. The maximum atomic E-state index is 10.4. The molecule has 0 unspecified atom stereocenters. The lowest BCUT2D eigenvalue weighted by Crippen LogP contribution is -2.06. The quantitative estimate of drug-likeness (QED) is 0.785. The van der Waals surface area contributed by atoms with Gasteiger partial charge in [0.05, 0.1) is 18.7 Å². The van der Waals surface area contributed by atoms with Crippen LogP contribution < -0.4 is 10.5 Å². The zero-order chi connectivity index (χ0) is 13.8. The number of anilines is 1. The predicted molar refractivity (Wildman–Crippen MR) is 66.6 cm³/mol. The Kier molecular flexibility index (Phi) is 3.65. The van der Waals surface area contributed by atoms with Gasteiger partial charge in [-0.1, -0.05) is 5.16 Å². The molecule has 0 saturated heterocycles. The summed E-state index contributed by atoms with van der Waals surface area (Å²) in [6, 6.07) is 5.01. The van der Waals surface area contributed by atoms with Gasteiger partial charge in [-0.2, -0.15) is 4.98 Å². The van der Waals surface area contributed by atoms with Crippen LogP contribution in [-0.4, -0.2) is 27.8 Å². The van der Waals surface area contributed by atoms with Crippen LogP contribution in [0.3, 0.4) is 0 Å². The van der Waals surface area contributed by atoms with Gasteiger partial charge in [-0.3, -0.25) is 4.79 Å². The summed E-state index contributed by atoms with van der Waals surface area (Å²) in [4.78, 5) is 14.5. The van der Waals surface area contributed by atoms with Crippen LogP contribution in [0.2, 0.25) is 0 Å². The minimum absolute atomic E-state index is 0.0680. The second kappa shape index (κ2) is 5.38. The number of hydrogen-bond donors (Lipinski definition) is 2. The van der Waals surface area contributed by atoms with Crippen molar-refractivity contribution in [3.63, 3.8) is 0 Å². The van der Waals surface area contributed by atoms with Gasteiger partial charge < -0.3 is 20.1 Å². The van der Waals surface area contributed by atoms with Gasteiger partial charge in [0.1, 0.15) is 5.75 Å². The Morgan fingerprint density at radius 3 is 2.89 bits per heavy atom. The lowest BCUT2D eigenvalue weighted by atomic mass is 10.2. The van der Waals surface area contributed by atoms with Gasteiger partial charge >= 0.3 is 5.97 Å². The normalized spacial score (nSPS) is 10.4. The van der Waals surface area contributed by atoms with Gasteiger partial charge in [-0.25, -0.2) is 0 Å². The maximum absolute atomic E-state index is 10.4. The first-order valence-electron chi connectivity index (χ1n) is 5.61. The van der Waals surface area contributed by atoms with Gasteiger partial charge in [0, 0.05) is 5.56 Å². The van der Waals surface area contributed by atoms with Crippen molar-refractivity contribution in [3.05, 3.63) is 24.0 Å². The number of carbonyl (C=O) groups is 1. The number of benzene rings is 1. The summed E-state index contributed by atoms with van der Waals surface area (Å²) in [6.07, 6.45) is -0.0793. The highest BCUT2D eigenvalue weighted by atomic mass is 16.5. The fourth-order valence-corrected chi connectivity index (χ4v) is 1.48. The number of ether oxygens (including phenoxy) is 1. The van der Waals surface area contributed by atoms with Crippen LogP contribution in [0.5, 0.6) is 5.75 Å². The molecule has 0 bridgehead atoms. The topological polar surface area (TPSA) is 111 Å². The van der Waals surface area contributed by atoms with Gasteiger partial charge in [-0.05, 0) is 25.1 Å². The van der Waals surface area contributed by atoms with Crippen molar-refractivity contribution in [3.8, 4) is 17.2 Å². The number of nitrogens with two attached hydrogens (primary N) is 1. The van der Waals surface area contributed by atoms with Crippen LogP contribution in [0.1, 0.15) is 12.2 Å². The molecule has 0 aliphatic heterocycles.